The number of hydrogen-bond donors (Lipinski definition) is 0. The van der Waals surface area contributed by atoms with Gasteiger partial charge in [-0.2, -0.15) is 5.26 Å². The molecule has 2 aromatic carbocycles. The van der Waals surface area contributed by atoms with Crippen LogP contribution in [0.25, 0.3) is 0 Å². The number of benzene rings is 2. The molecule has 0 fully saturated rings. The minimum Gasteiger partial charge on any atom is -0.461 e. The molecule has 5 heteroatoms. The summed E-state index contributed by atoms with van der Waals surface area (Å²) in [7, 11) is 0. The molecule has 106 valence electrons. The van der Waals surface area contributed by atoms with Gasteiger partial charge in [0.05, 0.1) is 17.2 Å². The summed E-state index contributed by atoms with van der Waals surface area (Å²) in [6, 6.07) is 15.9. The summed E-state index contributed by atoms with van der Waals surface area (Å²) in [5.74, 6) is 0.245. The molecule has 2 aromatic rings. The fourth-order valence-corrected chi connectivity index (χ4v) is 2.48. The number of carbonyl (C=O) groups is 1. The van der Waals surface area contributed by atoms with E-state index in [0.29, 0.717) is 28.5 Å². The van der Waals surface area contributed by atoms with Gasteiger partial charge in [-0.25, -0.2) is 4.79 Å². The van der Waals surface area contributed by atoms with Crippen LogP contribution in [0.4, 0.5) is 0 Å². The fraction of sp³-hybridized carbons (Fsp3) is 0.125. The first-order valence-corrected chi connectivity index (χ1v) is 7.61. The molecule has 21 heavy (non-hydrogen) atoms. The second-order valence-electron chi connectivity index (χ2n) is 4.13. The Bertz CT molecular complexity index is 665. The maximum Gasteiger partial charge on any atom is 0.338 e. The van der Waals surface area contributed by atoms with E-state index < -0.39 is 5.97 Å². The van der Waals surface area contributed by atoms with Crippen LogP contribution in [-0.4, -0.2) is 18.3 Å². The van der Waals surface area contributed by atoms with Crippen molar-refractivity contribution in [1.82, 2.24) is 0 Å². The summed E-state index contributed by atoms with van der Waals surface area (Å²) in [5, 5.41) is 9.49. The number of hydrogen-bond acceptors (Lipinski definition) is 4. The molecule has 0 N–H and O–H groups in total. The molecule has 0 radical (unpaired) electrons. The Morgan fingerprint density at radius 2 is 2.00 bits per heavy atom. The smallest absolute Gasteiger partial charge is 0.338 e. The molecule has 0 saturated heterocycles. The summed E-state index contributed by atoms with van der Waals surface area (Å²) < 4.78 is 5.18. The molecule has 0 bridgehead atoms. The standard InChI is InChI=1S/C16H12ClNO2S/c17-14-4-6-15(7-5-14)21-9-8-20-16(19)13-3-1-2-12(10-13)11-18/h1-7,10H,8-9H2. The third-order valence-electron chi connectivity index (χ3n) is 2.63. The molecular weight excluding hydrogens is 306 g/mol. The van der Waals surface area contributed by atoms with Crippen LogP contribution in [0.2, 0.25) is 5.02 Å². The maximum absolute atomic E-state index is 11.8. The quantitative estimate of drug-likeness (QED) is 0.472. The third-order valence-corrected chi connectivity index (χ3v) is 3.85. The van der Waals surface area contributed by atoms with Gasteiger partial charge in [-0.3, -0.25) is 0 Å². The van der Waals surface area contributed by atoms with Gasteiger partial charge in [-0.1, -0.05) is 17.7 Å². The predicted octanol–water partition coefficient (Wildman–Crippen LogP) is 4.16. The summed E-state index contributed by atoms with van der Waals surface area (Å²) in [4.78, 5) is 12.9. The van der Waals surface area contributed by atoms with Crippen LogP contribution in [0.15, 0.2) is 53.4 Å². The molecule has 0 saturated carbocycles. The van der Waals surface area contributed by atoms with Crippen molar-refractivity contribution in [3.8, 4) is 6.07 Å². The SMILES string of the molecule is N#Cc1cccc(C(=O)OCCSc2ccc(Cl)cc2)c1. The number of nitriles is 1. The van der Waals surface area contributed by atoms with Crippen molar-refractivity contribution in [1.29, 1.82) is 5.26 Å². The Balaban J connectivity index is 1.79. The highest BCUT2D eigenvalue weighted by atomic mass is 35.5. The van der Waals surface area contributed by atoms with Crippen LogP contribution in [-0.2, 0) is 4.74 Å². The number of rotatable bonds is 5. The number of carbonyl (C=O) groups excluding carboxylic acids is 1. The minimum absolute atomic E-state index is 0.308. The first-order chi connectivity index (χ1) is 10.2. The molecule has 0 amide bonds. The van der Waals surface area contributed by atoms with E-state index in [9.17, 15) is 4.79 Å². The molecule has 0 unspecified atom stereocenters. The van der Waals surface area contributed by atoms with Gasteiger partial charge in [0.1, 0.15) is 6.61 Å². The average Bonchev–Trinajstić information content (AvgIpc) is 2.53. The lowest BCUT2D eigenvalue weighted by atomic mass is 10.1. The summed E-state index contributed by atoms with van der Waals surface area (Å²) >= 11 is 7.39. The number of thioether (sulfide) groups is 1. The Morgan fingerprint density at radius 1 is 1.24 bits per heavy atom. The summed E-state index contributed by atoms with van der Waals surface area (Å²) in [5.41, 5.74) is 0.838. The number of esters is 1. The molecule has 3 nitrogen and oxygen atoms in total. The molecule has 0 spiro atoms. The third kappa shape index (κ3) is 4.82. The van der Waals surface area contributed by atoms with Crippen molar-refractivity contribution in [2.24, 2.45) is 0 Å². The van der Waals surface area contributed by atoms with Gasteiger partial charge in [0.15, 0.2) is 0 Å². The average molecular weight is 318 g/mol. The Hall–Kier alpha value is -1.96. The summed E-state index contributed by atoms with van der Waals surface area (Å²) in [6.45, 7) is 0.308. The number of halogens is 1. The molecule has 0 atom stereocenters. The van der Waals surface area contributed by atoms with Crippen LogP contribution >= 0.6 is 23.4 Å². The summed E-state index contributed by atoms with van der Waals surface area (Å²) in [6.07, 6.45) is 0. The Labute approximate surface area is 132 Å². The van der Waals surface area contributed by atoms with Crippen LogP contribution in [0.1, 0.15) is 15.9 Å². The zero-order valence-corrected chi connectivity index (χ0v) is 12.7. The van der Waals surface area contributed by atoms with Crippen molar-refractivity contribution in [3.05, 3.63) is 64.7 Å². The van der Waals surface area contributed by atoms with Gasteiger partial charge in [-0.15, -0.1) is 11.8 Å². The van der Waals surface area contributed by atoms with Gasteiger partial charge < -0.3 is 4.74 Å². The van der Waals surface area contributed by atoms with Crippen molar-refractivity contribution < 1.29 is 9.53 Å². The molecule has 0 aliphatic carbocycles. The van der Waals surface area contributed by atoms with Crippen molar-refractivity contribution in [3.63, 3.8) is 0 Å². The molecule has 0 heterocycles. The monoisotopic (exact) mass is 317 g/mol. The van der Waals surface area contributed by atoms with Crippen LogP contribution in [0.5, 0.6) is 0 Å². The van der Waals surface area contributed by atoms with Crippen LogP contribution < -0.4 is 0 Å². The normalized spacial score (nSPS) is 9.90. The molecule has 2 rings (SSSR count). The Kier molecular flexibility index (Phi) is 5.68. The highest BCUT2D eigenvalue weighted by Gasteiger charge is 2.07. The highest BCUT2D eigenvalue weighted by Crippen LogP contribution is 2.20. The molecule has 0 aliphatic rings. The first kappa shape index (κ1) is 15.4. The molecular formula is C16H12ClNO2S. The fourth-order valence-electron chi connectivity index (χ4n) is 1.62. The largest absolute Gasteiger partial charge is 0.461 e. The molecule has 0 aromatic heterocycles. The van der Waals surface area contributed by atoms with E-state index in [2.05, 4.69) is 0 Å². The van der Waals surface area contributed by atoms with Crippen molar-refractivity contribution in [2.45, 2.75) is 4.90 Å². The van der Waals surface area contributed by atoms with E-state index in [1.54, 1.807) is 30.0 Å². The van der Waals surface area contributed by atoms with E-state index in [4.69, 9.17) is 21.6 Å². The van der Waals surface area contributed by atoms with Gasteiger partial charge in [0.2, 0.25) is 0 Å². The van der Waals surface area contributed by atoms with E-state index in [0.717, 1.165) is 4.90 Å². The van der Waals surface area contributed by atoms with Crippen molar-refractivity contribution >= 4 is 29.3 Å². The number of nitrogens with zero attached hydrogens (tertiary/aromatic N) is 1. The lowest BCUT2D eigenvalue weighted by Gasteiger charge is -2.05. The van der Waals surface area contributed by atoms with Gasteiger partial charge in [-0.05, 0) is 42.5 Å². The van der Waals surface area contributed by atoms with Gasteiger partial charge in [0, 0.05) is 15.7 Å². The Morgan fingerprint density at radius 3 is 2.71 bits per heavy atom. The van der Waals surface area contributed by atoms with Crippen LogP contribution in [0.3, 0.4) is 0 Å². The predicted molar refractivity (Wildman–Crippen MR) is 83.6 cm³/mol. The molecule has 0 aliphatic heterocycles. The first-order valence-electron chi connectivity index (χ1n) is 6.25. The zero-order valence-electron chi connectivity index (χ0n) is 11.1. The van der Waals surface area contributed by atoms with Gasteiger partial charge >= 0.3 is 5.97 Å². The van der Waals surface area contributed by atoms with E-state index in [-0.39, 0.29) is 0 Å². The van der Waals surface area contributed by atoms with E-state index in [1.807, 2.05) is 30.3 Å². The van der Waals surface area contributed by atoms with Crippen LogP contribution in [0, 0.1) is 11.3 Å². The lowest BCUT2D eigenvalue weighted by molar-refractivity contribution is 0.0530. The maximum atomic E-state index is 11.8. The van der Waals surface area contributed by atoms with Crippen molar-refractivity contribution in [2.75, 3.05) is 12.4 Å². The number of ether oxygens (including phenoxy) is 1. The van der Waals surface area contributed by atoms with Gasteiger partial charge in [0.25, 0.3) is 0 Å². The zero-order chi connectivity index (χ0) is 15.1. The highest BCUT2D eigenvalue weighted by molar-refractivity contribution is 7.99. The second-order valence-corrected chi connectivity index (χ2v) is 5.74. The lowest BCUT2D eigenvalue weighted by Crippen LogP contribution is -2.08. The second kappa shape index (κ2) is 7.72. The minimum atomic E-state index is -0.413. The topological polar surface area (TPSA) is 50.1 Å². The van der Waals surface area contributed by atoms with E-state index >= 15 is 0 Å². The van der Waals surface area contributed by atoms with E-state index in [1.165, 1.54) is 6.07 Å².